The van der Waals surface area contributed by atoms with Gasteiger partial charge in [0.25, 0.3) is 0 Å². The van der Waals surface area contributed by atoms with Gasteiger partial charge in [-0.25, -0.2) is 0 Å². The highest BCUT2D eigenvalue weighted by molar-refractivity contribution is 8.01. The molecule has 230 valence electrons. The minimum Gasteiger partial charge on any atom is -1.00 e. The van der Waals surface area contributed by atoms with Crippen molar-refractivity contribution in [2.75, 3.05) is 12.3 Å². The molecule has 3 aliphatic rings. The van der Waals surface area contributed by atoms with Crippen molar-refractivity contribution in [1.29, 1.82) is 0 Å². The number of esters is 1. The van der Waals surface area contributed by atoms with Crippen molar-refractivity contribution in [1.82, 2.24) is 5.32 Å². The lowest BCUT2D eigenvalue weighted by atomic mass is 9.44. The first-order chi connectivity index (χ1) is 17.9. The maximum absolute atomic E-state index is 13.5. The molecule has 4 N–H and O–H groups in total. The van der Waals surface area contributed by atoms with Gasteiger partial charge >= 0.3 is 5.97 Å². The molecule has 0 saturated heterocycles. The highest BCUT2D eigenvalue weighted by Crippen LogP contribution is 2.68. The van der Waals surface area contributed by atoms with Gasteiger partial charge in [-0.05, 0) is 62.7 Å². The summed E-state index contributed by atoms with van der Waals surface area (Å²) in [5.41, 5.74) is 4.49. The van der Waals surface area contributed by atoms with Gasteiger partial charge in [-0.3, -0.25) is 14.4 Å². The molecule has 0 aromatic heterocycles. The van der Waals surface area contributed by atoms with Crippen molar-refractivity contribution in [3.8, 4) is 0 Å². The Morgan fingerprint density at radius 2 is 1.90 bits per heavy atom. The first kappa shape index (κ1) is 35.1. The molecule has 3 rings (SSSR count). The zero-order valence-electron chi connectivity index (χ0n) is 25.7. The topological polar surface area (TPSA) is 119 Å². The summed E-state index contributed by atoms with van der Waals surface area (Å²) in [5, 5.41) is 14.6. The number of carbonyl (C=O) groups excluding carboxylic acids is 3. The molecule has 3 fully saturated rings. The normalized spacial score (nSPS) is 38.4. The van der Waals surface area contributed by atoms with Gasteiger partial charge in [0.05, 0.1) is 17.9 Å². The summed E-state index contributed by atoms with van der Waals surface area (Å²) in [7, 11) is 0. The number of aliphatic hydroxyl groups excluding tert-OH is 1. The van der Waals surface area contributed by atoms with E-state index in [0.717, 1.165) is 19.3 Å². The summed E-state index contributed by atoms with van der Waals surface area (Å²) in [4.78, 5) is 39.2. The average molecular weight is 600 g/mol. The second-order valence-electron chi connectivity index (χ2n) is 14.1. The lowest BCUT2D eigenvalue weighted by Gasteiger charge is -2.61. The molecule has 1 amide bonds. The minimum atomic E-state index is -0.684. The molecule has 3 saturated carbocycles. The second-order valence-corrected chi connectivity index (χ2v) is 15.8. The van der Waals surface area contributed by atoms with E-state index >= 15 is 0 Å². The second kappa shape index (κ2) is 12.6. The fourth-order valence-electron chi connectivity index (χ4n) is 7.72. The maximum atomic E-state index is 13.5. The van der Waals surface area contributed by atoms with Gasteiger partial charge in [0.15, 0.2) is 0 Å². The van der Waals surface area contributed by atoms with Crippen LogP contribution < -0.4 is 23.5 Å². The molecule has 5 unspecified atom stereocenters. The summed E-state index contributed by atoms with van der Waals surface area (Å²) in [6, 6.07) is -0.573. The number of ketones is 1. The SMILES string of the molecule is C=C[C@]1(C)CC(OC(=O)CSC(C)(C)CNC(=O)C(N)C(C)C)[C@@]2(C)C(C)CC[C@]3(CCC(=O)[C@H]32)C(C)C1O.[Cl-]. The minimum absolute atomic E-state index is 0. The first-order valence-corrected chi connectivity index (χ1v) is 15.6. The summed E-state index contributed by atoms with van der Waals surface area (Å²) >= 11 is 1.43. The van der Waals surface area contributed by atoms with Crippen molar-refractivity contribution in [3.05, 3.63) is 12.7 Å². The Balaban J connectivity index is 0.00000560. The van der Waals surface area contributed by atoms with Crippen molar-refractivity contribution >= 4 is 29.4 Å². The maximum Gasteiger partial charge on any atom is 0.316 e. The van der Waals surface area contributed by atoms with E-state index in [1.165, 1.54) is 11.8 Å². The van der Waals surface area contributed by atoms with Crippen LogP contribution in [0.25, 0.3) is 0 Å². The number of Topliss-reactive ketones (excluding diaryl/α,β-unsaturated/α-hetero) is 1. The third-order valence-corrected chi connectivity index (χ3v) is 12.2. The highest BCUT2D eigenvalue weighted by Gasteiger charge is 2.68. The van der Waals surface area contributed by atoms with E-state index < -0.39 is 33.8 Å². The number of rotatable bonds is 9. The predicted molar refractivity (Wildman–Crippen MR) is 157 cm³/mol. The number of halogens is 1. The molecule has 0 aromatic rings. The molecule has 9 atom stereocenters. The van der Waals surface area contributed by atoms with E-state index in [0.29, 0.717) is 19.4 Å². The van der Waals surface area contributed by atoms with Crippen molar-refractivity contribution in [2.45, 2.75) is 110 Å². The lowest BCUT2D eigenvalue weighted by Crippen LogP contribution is -3.00. The van der Waals surface area contributed by atoms with Crippen LogP contribution in [0.2, 0.25) is 0 Å². The highest BCUT2D eigenvalue weighted by atomic mass is 35.5. The quantitative estimate of drug-likeness (QED) is 0.271. The van der Waals surface area contributed by atoms with Crippen molar-refractivity contribution < 1.29 is 36.6 Å². The van der Waals surface area contributed by atoms with E-state index in [-0.39, 0.29) is 64.9 Å². The molecule has 0 spiro atoms. The molecular formula is C31H52ClN2O5S-. The number of carbonyl (C=O) groups is 3. The largest absolute Gasteiger partial charge is 1.00 e. The van der Waals surface area contributed by atoms with Crippen LogP contribution >= 0.6 is 11.8 Å². The van der Waals surface area contributed by atoms with E-state index in [1.54, 1.807) is 0 Å². The third-order valence-electron chi connectivity index (χ3n) is 10.9. The van der Waals surface area contributed by atoms with Crippen molar-refractivity contribution in [2.24, 2.45) is 45.7 Å². The summed E-state index contributed by atoms with van der Waals surface area (Å²) in [6.45, 7) is 20.7. The average Bonchev–Trinajstić information content (AvgIpc) is 3.24. The van der Waals surface area contributed by atoms with E-state index in [4.69, 9.17) is 10.5 Å². The van der Waals surface area contributed by atoms with Crippen LogP contribution in [0.1, 0.15) is 87.5 Å². The van der Waals surface area contributed by atoms with E-state index in [9.17, 15) is 19.5 Å². The van der Waals surface area contributed by atoms with Crippen LogP contribution in [0, 0.1) is 39.9 Å². The number of nitrogens with two attached hydrogens (primary N) is 1. The zero-order valence-corrected chi connectivity index (χ0v) is 27.3. The van der Waals surface area contributed by atoms with E-state index in [2.05, 4.69) is 32.7 Å². The van der Waals surface area contributed by atoms with E-state index in [1.807, 2.05) is 40.7 Å². The molecule has 7 nitrogen and oxygen atoms in total. The summed E-state index contributed by atoms with van der Waals surface area (Å²) in [5.74, 6) is -0.243. The third kappa shape index (κ3) is 6.30. The van der Waals surface area contributed by atoms with Crippen LogP contribution in [0.5, 0.6) is 0 Å². The fraction of sp³-hybridized carbons (Fsp3) is 0.839. The number of hydrogen-bond acceptors (Lipinski definition) is 7. The predicted octanol–water partition coefficient (Wildman–Crippen LogP) is 1.51. The van der Waals surface area contributed by atoms with Gasteiger partial charge in [-0.1, -0.05) is 47.6 Å². The Morgan fingerprint density at radius 3 is 2.48 bits per heavy atom. The zero-order chi connectivity index (χ0) is 29.6. The van der Waals surface area contributed by atoms with Crippen molar-refractivity contribution in [3.63, 3.8) is 0 Å². The van der Waals surface area contributed by atoms with Crippen LogP contribution in [-0.4, -0.2) is 58.1 Å². The molecule has 3 aliphatic carbocycles. The van der Waals surface area contributed by atoms with Gasteiger partial charge in [-0.2, -0.15) is 0 Å². The molecule has 2 bridgehead atoms. The van der Waals surface area contributed by atoms with Crippen LogP contribution in [0.15, 0.2) is 12.7 Å². The van der Waals surface area contributed by atoms with Gasteiger partial charge in [-0.15, -0.1) is 18.3 Å². The number of ether oxygens (including phenoxy) is 1. The summed E-state index contributed by atoms with van der Waals surface area (Å²) in [6.07, 6.45) is 4.17. The molecule has 40 heavy (non-hydrogen) atoms. The molecule has 0 heterocycles. The summed E-state index contributed by atoms with van der Waals surface area (Å²) < 4.78 is 5.92. The number of nitrogens with one attached hydrogen (secondary N) is 1. The number of amides is 1. The monoisotopic (exact) mass is 599 g/mol. The van der Waals surface area contributed by atoms with Gasteiger partial charge in [0.1, 0.15) is 11.9 Å². The molecule has 0 radical (unpaired) electrons. The van der Waals surface area contributed by atoms with Crippen LogP contribution in [0.4, 0.5) is 0 Å². The molecular weight excluding hydrogens is 548 g/mol. The Kier molecular flexibility index (Phi) is 11.1. The Labute approximate surface area is 252 Å². The lowest BCUT2D eigenvalue weighted by molar-refractivity contribution is -0.205. The number of thioether (sulfide) groups is 1. The first-order valence-electron chi connectivity index (χ1n) is 14.7. The van der Waals surface area contributed by atoms with Gasteiger partial charge < -0.3 is 33.3 Å². The Morgan fingerprint density at radius 1 is 1.27 bits per heavy atom. The van der Waals surface area contributed by atoms with Gasteiger partial charge in [0, 0.05) is 34.5 Å². The standard InChI is InChI=1S/C31H52N2O5S.ClH/c1-10-29(8)15-22(38-23(35)16-39-28(6,7)17-33-27(37)24(32)18(2)3)30(9)19(4)11-13-31(20(5)26(29)36)14-12-21(34)25(30)31;/h10,18-20,22,24-26,36H,1,11-17,32H2,2-9H3,(H,33,37);1H/p-1/t19?,20?,22?,24?,25-,26?,29+,30+,31-;/m0./s1. The fourth-order valence-corrected chi connectivity index (χ4v) is 8.47. The Bertz CT molecular complexity index is 975. The Hall–Kier alpha value is -1.09. The number of aliphatic hydroxyl groups is 1. The van der Waals surface area contributed by atoms with Crippen LogP contribution in [-0.2, 0) is 19.1 Å². The molecule has 0 aliphatic heterocycles. The van der Waals surface area contributed by atoms with Gasteiger partial charge in [0.2, 0.25) is 5.91 Å². The van der Waals surface area contributed by atoms with Crippen LogP contribution in [0.3, 0.4) is 0 Å². The molecule has 0 aromatic carbocycles. The molecule has 9 heteroatoms. The number of hydrogen-bond donors (Lipinski definition) is 3. The smallest absolute Gasteiger partial charge is 0.316 e.